The Bertz CT molecular complexity index is 749. The van der Waals surface area contributed by atoms with E-state index in [-0.39, 0.29) is 29.8 Å². The molecule has 0 aromatic heterocycles. The second kappa shape index (κ2) is 8.62. The molecule has 3 atom stereocenters. The maximum Gasteiger partial charge on any atom is 0.240 e. The van der Waals surface area contributed by atoms with Crippen LogP contribution in [0.2, 0.25) is 0 Å². The number of nitrogens with zero attached hydrogens (tertiary/aromatic N) is 1. The van der Waals surface area contributed by atoms with E-state index in [1.807, 2.05) is 0 Å². The Morgan fingerprint density at radius 3 is 2.81 bits per heavy atom. The van der Waals surface area contributed by atoms with Crippen LogP contribution in [0.1, 0.15) is 19.3 Å². The second-order valence-electron chi connectivity index (χ2n) is 6.55. The number of nitrogens with one attached hydrogen (secondary N) is 2. The average molecular weight is 408 g/mol. The summed E-state index contributed by atoms with van der Waals surface area (Å²) in [4.78, 5) is 14.0. The van der Waals surface area contributed by atoms with Crippen LogP contribution in [-0.2, 0) is 14.8 Å². The first-order chi connectivity index (χ1) is 11.8. The van der Waals surface area contributed by atoms with E-state index in [2.05, 4.69) is 10.0 Å². The number of benzene rings is 1. The molecule has 3 rings (SSSR count). The van der Waals surface area contributed by atoms with Gasteiger partial charge in [0.1, 0.15) is 5.82 Å². The van der Waals surface area contributed by atoms with Crippen LogP contribution in [0, 0.1) is 5.82 Å². The summed E-state index contributed by atoms with van der Waals surface area (Å²) in [5.41, 5.74) is 0. The maximum absolute atomic E-state index is 13.3. The normalized spacial score (nSPS) is 26.4. The third-order valence-electron chi connectivity index (χ3n) is 4.57. The van der Waals surface area contributed by atoms with Gasteiger partial charge in [-0.1, -0.05) is 6.07 Å². The highest BCUT2D eigenvalue weighted by atomic mass is 35.5. The van der Waals surface area contributed by atoms with Gasteiger partial charge in [0.25, 0.3) is 0 Å². The fourth-order valence-electron chi connectivity index (χ4n) is 3.32. The highest BCUT2D eigenvalue weighted by Gasteiger charge is 2.34. The Morgan fingerprint density at radius 2 is 2.15 bits per heavy atom. The van der Waals surface area contributed by atoms with E-state index in [4.69, 9.17) is 0 Å². The van der Waals surface area contributed by atoms with Crippen LogP contribution in [0.5, 0.6) is 0 Å². The summed E-state index contributed by atoms with van der Waals surface area (Å²) >= 11 is 0. The Labute approximate surface area is 158 Å². The number of rotatable bonds is 4. The summed E-state index contributed by atoms with van der Waals surface area (Å²) in [6.45, 7) is 1.22. The van der Waals surface area contributed by atoms with Gasteiger partial charge >= 0.3 is 0 Å². The average Bonchev–Trinajstić information content (AvgIpc) is 3.00. The zero-order chi connectivity index (χ0) is 18.0. The largest absolute Gasteiger partial charge is 0.392 e. The molecular formula is C16H23ClFN3O4S. The maximum atomic E-state index is 13.3. The van der Waals surface area contributed by atoms with Crippen molar-refractivity contribution in [3.05, 3.63) is 30.1 Å². The van der Waals surface area contributed by atoms with Crippen LogP contribution >= 0.6 is 12.4 Å². The van der Waals surface area contributed by atoms with Gasteiger partial charge in [0, 0.05) is 25.7 Å². The molecule has 2 heterocycles. The van der Waals surface area contributed by atoms with E-state index in [0.29, 0.717) is 32.4 Å². The highest BCUT2D eigenvalue weighted by molar-refractivity contribution is 7.89. The number of hydrogen-bond acceptors (Lipinski definition) is 5. The molecule has 146 valence electrons. The Kier molecular flexibility index (Phi) is 6.98. The summed E-state index contributed by atoms with van der Waals surface area (Å²) in [7, 11) is -3.84. The first-order valence-corrected chi connectivity index (χ1v) is 9.81. The first kappa shape index (κ1) is 21.0. The minimum Gasteiger partial charge on any atom is -0.392 e. The number of amides is 1. The summed E-state index contributed by atoms with van der Waals surface area (Å²) in [6, 6.07) is 3.99. The van der Waals surface area contributed by atoms with Gasteiger partial charge in [-0.2, -0.15) is 0 Å². The SMILES string of the molecule is Cl.O=C(C1CC(O)CN1)N1CCCC(NS(=O)(=O)c2cccc(F)c2)C1. The molecule has 26 heavy (non-hydrogen) atoms. The van der Waals surface area contributed by atoms with Gasteiger partial charge in [0.05, 0.1) is 17.0 Å². The monoisotopic (exact) mass is 407 g/mol. The molecule has 2 fully saturated rings. The van der Waals surface area contributed by atoms with Gasteiger partial charge in [0.15, 0.2) is 0 Å². The fraction of sp³-hybridized carbons (Fsp3) is 0.562. The zero-order valence-corrected chi connectivity index (χ0v) is 15.7. The number of β-amino-alcohol motifs (C(OH)–C–C–N with tert-alkyl or cyclic N) is 1. The van der Waals surface area contributed by atoms with Gasteiger partial charge in [-0.25, -0.2) is 17.5 Å². The van der Waals surface area contributed by atoms with Crippen LogP contribution < -0.4 is 10.0 Å². The van der Waals surface area contributed by atoms with Crippen LogP contribution in [0.4, 0.5) is 4.39 Å². The van der Waals surface area contributed by atoms with Gasteiger partial charge in [0.2, 0.25) is 15.9 Å². The van der Waals surface area contributed by atoms with Gasteiger partial charge in [-0.05, 0) is 37.5 Å². The lowest BCUT2D eigenvalue weighted by atomic mass is 10.0. The van der Waals surface area contributed by atoms with Crippen molar-refractivity contribution in [3.63, 3.8) is 0 Å². The summed E-state index contributed by atoms with van der Waals surface area (Å²) in [5, 5.41) is 12.5. The summed E-state index contributed by atoms with van der Waals surface area (Å²) in [5.74, 6) is -0.736. The Morgan fingerprint density at radius 1 is 1.38 bits per heavy atom. The lowest BCUT2D eigenvalue weighted by Gasteiger charge is -2.34. The van der Waals surface area contributed by atoms with Crippen LogP contribution in [0.15, 0.2) is 29.2 Å². The number of sulfonamides is 1. The van der Waals surface area contributed by atoms with Gasteiger partial charge in [-0.15, -0.1) is 12.4 Å². The lowest BCUT2D eigenvalue weighted by molar-refractivity contribution is -0.134. The van der Waals surface area contributed by atoms with Crippen molar-refractivity contribution in [3.8, 4) is 0 Å². The Hall–Kier alpha value is -1.26. The van der Waals surface area contributed by atoms with Crippen molar-refractivity contribution in [2.45, 2.75) is 42.3 Å². The molecule has 2 aliphatic heterocycles. The van der Waals surface area contributed by atoms with Crippen LogP contribution in [0.25, 0.3) is 0 Å². The smallest absolute Gasteiger partial charge is 0.240 e. The molecule has 2 saturated heterocycles. The number of carbonyl (C=O) groups excluding carboxylic acids is 1. The predicted octanol–water partition coefficient (Wildman–Crippen LogP) is 0.240. The third kappa shape index (κ3) is 4.92. The number of likely N-dealkylation sites (tertiary alicyclic amines) is 1. The van der Waals surface area contributed by atoms with Crippen molar-refractivity contribution in [1.82, 2.24) is 14.9 Å². The van der Waals surface area contributed by atoms with Gasteiger partial charge in [-0.3, -0.25) is 4.79 Å². The van der Waals surface area contributed by atoms with Crippen molar-refractivity contribution >= 4 is 28.3 Å². The number of piperidine rings is 1. The molecule has 3 unspecified atom stereocenters. The molecule has 0 radical (unpaired) electrons. The van der Waals surface area contributed by atoms with Crippen molar-refractivity contribution in [1.29, 1.82) is 0 Å². The van der Waals surface area contributed by atoms with Crippen molar-refractivity contribution < 1.29 is 22.7 Å². The van der Waals surface area contributed by atoms with E-state index in [9.17, 15) is 22.7 Å². The number of aliphatic hydroxyl groups is 1. The second-order valence-corrected chi connectivity index (χ2v) is 8.27. The van der Waals surface area contributed by atoms with Crippen LogP contribution in [-0.4, -0.2) is 62.2 Å². The first-order valence-electron chi connectivity index (χ1n) is 8.33. The molecule has 10 heteroatoms. The molecule has 3 N–H and O–H groups in total. The minimum absolute atomic E-state index is 0. The van der Waals surface area contributed by atoms with E-state index >= 15 is 0 Å². The topological polar surface area (TPSA) is 98.7 Å². The zero-order valence-electron chi connectivity index (χ0n) is 14.1. The molecule has 0 spiro atoms. The molecule has 2 aliphatic rings. The lowest BCUT2D eigenvalue weighted by Crippen LogP contribution is -2.53. The van der Waals surface area contributed by atoms with Crippen molar-refractivity contribution in [2.24, 2.45) is 0 Å². The molecule has 7 nitrogen and oxygen atoms in total. The fourth-order valence-corrected chi connectivity index (χ4v) is 4.61. The molecular weight excluding hydrogens is 385 g/mol. The molecule has 1 aromatic rings. The van der Waals surface area contributed by atoms with E-state index < -0.39 is 34.0 Å². The predicted molar refractivity (Wildman–Crippen MR) is 96.0 cm³/mol. The summed E-state index contributed by atoms with van der Waals surface area (Å²) in [6.07, 6.45) is 1.13. The molecule has 1 amide bonds. The van der Waals surface area contributed by atoms with Gasteiger partial charge < -0.3 is 15.3 Å². The van der Waals surface area contributed by atoms with Crippen molar-refractivity contribution in [2.75, 3.05) is 19.6 Å². The molecule has 1 aromatic carbocycles. The van der Waals surface area contributed by atoms with Crippen LogP contribution in [0.3, 0.4) is 0 Å². The molecule has 0 saturated carbocycles. The minimum atomic E-state index is -3.84. The Balaban J connectivity index is 0.00000243. The molecule has 0 aliphatic carbocycles. The number of halogens is 2. The quantitative estimate of drug-likeness (QED) is 0.664. The number of aliphatic hydroxyl groups excluding tert-OH is 1. The summed E-state index contributed by atoms with van der Waals surface area (Å²) < 4.78 is 40.6. The third-order valence-corrected chi connectivity index (χ3v) is 6.09. The highest BCUT2D eigenvalue weighted by Crippen LogP contribution is 2.18. The number of carbonyl (C=O) groups is 1. The van der Waals surface area contributed by atoms with E-state index in [0.717, 1.165) is 6.07 Å². The standard InChI is InChI=1S/C16H22FN3O4S.ClH/c17-11-3-1-5-14(7-11)25(23,24)19-12-4-2-6-20(10-12)16(22)15-8-13(21)9-18-15;/h1,3,5,7,12-13,15,18-19,21H,2,4,6,8-10H2;1H. The molecule has 0 bridgehead atoms. The number of hydrogen-bond donors (Lipinski definition) is 3. The van der Waals surface area contributed by atoms with E-state index in [1.165, 1.54) is 18.2 Å². The van der Waals surface area contributed by atoms with E-state index in [1.54, 1.807) is 4.90 Å².